The Kier molecular flexibility index (Phi) is 5.99. The van der Waals surface area contributed by atoms with Crippen LogP contribution >= 0.6 is 11.8 Å². The highest BCUT2D eigenvalue weighted by atomic mass is 32.2. The fourth-order valence-corrected chi connectivity index (χ4v) is 3.61. The average molecular weight is 374 g/mol. The Morgan fingerprint density at radius 1 is 1.54 bits per heavy atom. The van der Waals surface area contributed by atoms with Crippen LogP contribution in [0.5, 0.6) is 0 Å². The highest BCUT2D eigenvalue weighted by molar-refractivity contribution is 8.03. The predicted octanol–water partition coefficient (Wildman–Crippen LogP) is 1.92. The number of nitriles is 1. The number of allylic oxidation sites excluding steroid dienone is 2. The third-order valence-corrected chi connectivity index (χ3v) is 5.42. The van der Waals surface area contributed by atoms with E-state index in [4.69, 9.17) is 16.4 Å². The van der Waals surface area contributed by atoms with Gasteiger partial charge in [-0.3, -0.25) is 9.36 Å². The Morgan fingerprint density at radius 3 is 2.81 bits per heavy atom. The molecule has 1 aromatic heterocycles. The molecule has 0 saturated heterocycles. The summed E-state index contributed by atoms with van der Waals surface area (Å²) >= 11 is 1.45. The summed E-state index contributed by atoms with van der Waals surface area (Å²) in [4.78, 5) is 25.2. The van der Waals surface area contributed by atoms with Crippen molar-refractivity contribution in [1.29, 1.82) is 5.26 Å². The lowest BCUT2D eigenvalue weighted by Gasteiger charge is -2.04. The lowest BCUT2D eigenvalue weighted by molar-refractivity contribution is -0.150. The van der Waals surface area contributed by atoms with Crippen LogP contribution in [0.1, 0.15) is 26.6 Å². The van der Waals surface area contributed by atoms with Crippen LogP contribution in [0.25, 0.3) is 0 Å². The van der Waals surface area contributed by atoms with Gasteiger partial charge >= 0.3 is 11.7 Å². The zero-order chi connectivity index (χ0) is 19.5. The van der Waals surface area contributed by atoms with E-state index in [1.807, 2.05) is 26.8 Å². The number of hydrogen-bond acceptors (Lipinski definition) is 6. The molecule has 1 heterocycles. The van der Waals surface area contributed by atoms with Crippen molar-refractivity contribution in [2.24, 2.45) is 17.3 Å². The number of carbonyl (C=O) groups is 1. The van der Waals surface area contributed by atoms with Crippen LogP contribution in [0.4, 0.5) is 0 Å². The maximum atomic E-state index is 12.4. The Bertz CT molecular complexity index is 866. The van der Waals surface area contributed by atoms with Crippen molar-refractivity contribution in [3.63, 3.8) is 0 Å². The molecule has 0 aliphatic heterocycles. The fraction of sp³-hybridized carbons (Fsp3) is 0.556. The van der Waals surface area contributed by atoms with Gasteiger partial charge in [0.25, 0.3) is 0 Å². The smallest absolute Gasteiger partial charge is 0.349 e. The number of terminal acetylenes is 1. The molecule has 1 aliphatic rings. The quantitative estimate of drug-likeness (QED) is 0.411. The van der Waals surface area contributed by atoms with Gasteiger partial charge < -0.3 is 4.74 Å². The van der Waals surface area contributed by atoms with Crippen LogP contribution < -0.4 is 5.69 Å². The molecule has 138 valence electrons. The number of carbonyl (C=O) groups excluding carboxylic acids is 1. The van der Waals surface area contributed by atoms with Crippen molar-refractivity contribution in [3.05, 3.63) is 27.3 Å². The molecule has 0 bridgehead atoms. The molecule has 26 heavy (non-hydrogen) atoms. The number of esters is 1. The van der Waals surface area contributed by atoms with Crippen molar-refractivity contribution in [2.45, 2.75) is 41.0 Å². The molecule has 0 unspecified atom stereocenters. The standard InChI is InChI=1S/C18H22N4O3S/c1-6-8-21-12(3)20-22(17(21)24)11-25-16(23)15-14(18(15,4)5)9-13(10-19)26-7-2/h1,9,14-15H,7-8,11H2,2-5H3/b13-9+/t14-,15+/m1/s1. The maximum absolute atomic E-state index is 12.4. The van der Waals surface area contributed by atoms with Gasteiger partial charge in [-0.25, -0.2) is 4.79 Å². The molecule has 7 nitrogen and oxygen atoms in total. The summed E-state index contributed by atoms with van der Waals surface area (Å²) in [7, 11) is 0. The second kappa shape index (κ2) is 7.84. The topological polar surface area (TPSA) is 89.9 Å². The zero-order valence-electron chi connectivity index (χ0n) is 15.4. The first-order chi connectivity index (χ1) is 12.3. The van der Waals surface area contributed by atoms with Crippen molar-refractivity contribution >= 4 is 17.7 Å². The molecule has 8 heteroatoms. The normalized spacial score (nSPS) is 20.9. The summed E-state index contributed by atoms with van der Waals surface area (Å²) in [5.41, 5.74) is -0.692. The van der Waals surface area contributed by atoms with Crippen LogP contribution in [-0.2, 0) is 22.8 Å². The minimum Gasteiger partial charge on any atom is -0.442 e. The number of thioether (sulfide) groups is 1. The predicted molar refractivity (Wildman–Crippen MR) is 98.7 cm³/mol. The minimum atomic E-state index is -0.411. The summed E-state index contributed by atoms with van der Waals surface area (Å²) in [5, 5.41) is 13.2. The first-order valence-corrected chi connectivity index (χ1v) is 9.25. The van der Waals surface area contributed by atoms with Gasteiger partial charge in [-0.2, -0.15) is 15.0 Å². The van der Waals surface area contributed by atoms with E-state index >= 15 is 0 Å². The lowest BCUT2D eigenvalue weighted by atomic mass is 10.1. The molecule has 0 spiro atoms. The lowest BCUT2D eigenvalue weighted by Crippen LogP contribution is -2.27. The van der Waals surface area contributed by atoms with E-state index in [2.05, 4.69) is 17.1 Å². The van der Waals surface area contributed by atoms with Gasteiger partial charge in [-0.1, -0.05) is 32.8 Å². The van der Waals surface area contributed by atoms with Gasteiger partial charge in [-0.15, -0.1) is 18.2 Å². The summed E-state index contributed by atoms with van der Waals surface area (Å²) < 4.78 is 7.71. The number of hydrogen-bond donors (Lipinski definition) is 0. The van der Waals surface area contributed by atoms with Crippen molar-refractivity contribution in [1.82, 2.24) is 14.3 Å². The second-order valence-electron chi connectivity index (χ2n) is 6.61. The summed E-state index contributed by atoms with van der Waals surface area (Å²) in [5.74, 6) is 2.86. The highest BCUT2D eigenvalue weighted by Crippen LogP contribution is 2.60. The molecule has 1 saturated carbocycles. The molecule has 1 aliphatic carbocycles. The van der Waals surface area contributed by atoms with E-state index in [1.165, 1.54) is 16.3 Å². The highest BCUT2D eigenvalue weighted by Gasteiger charge is 2.61. The molecular weight excluding hydrogens is 352 g/mol. The van der Waals surface area contributed by atoms with Gasteiger partial charge in [0.05, 0.1) is 17.4 Å². The van der Waals surface area contributed by atoms with E-state index in [0.29, 0.717) is 10.7 Å². The van der Waals surface area contributed by atoms with Gasteiger partial charge in [0.15, 0.2) is 6.73 Å². The maximum Gasteiger partial charge on any atom is 0.349 e. The number of nitrogens with zero attached hydrogens (tertiary/aromatic N) is 4. The first-order valence-electron chi connectivity index (χ1n) is 8.27. The van der Waals surface area contributed by atoms with Crippen molar-refractivity contribution < 1.29 is 9.53 Å². The number of aromatic nitrogens is 3. The third-order valence-electron chi connectivity index (χ3n) is 4.59. The summed E-state index contributed by atoms with van der Waals surface area (Å²) in [6.45, 7) is 7.42. The largest absolute Gasteiger partial charge is 0.442 e. The van der Waals surface area contributed by atoms with Gasteiger partial charge in [0.1, 0.15) is 11.9 Å². The van der Waals surface area contributed by atoms with E-state index in [9.17, 15) is 9.59 Å². The van der Waals surface area contributed by atoms with Crippen LogP contribution in [-0.4, -0.2) is 26.1 Å². The van der Waals surface area contributed by atoms with Crippen LogP contribution in [0.3, 0.4) is 0 Å². The Balaban J connectivity index is 2.05. The molecular formula is C18H22N4O3S. The van der Waals surface area contributed by atoms with E-state index in [0.717, 1.165) is 10.4 Å². The van der Waals surface area contributed by atoms with Gasteiger partial charge in [-0.05, 0) is 24.0 Å². The molecule has 1 fully saturated rings. The molecule has 0 aromatic carbocycles. The molecule has 0 amide bonds. The van der Waals surface area contributed by atoms with Crippen molar-refractivity contribution in [2.75, 3.05) is 5.75 Å². The minimum absolute atomic E-state index is 0.0545. The van der Waals surface area contributed by atoms with Crippen molar-refractivity contribution in [3.8, 4) is 18.4 Å². The number of ether oxygens (including phenoxy) is 1. The van der Waals surface area contributed by atoms with Crippen LogP contribution in [0.15, 0.2) is 15.8 Å². The fourth-order valence-electron chi connectivity index (χ4n) is 3.00. The summed E-state index contributed by atoms with van der Waals surface area (Å²) in [6.07, 6.45) is 7.08. The van der Waals surface area contributed by atoms with E-state index < -0.39 is 11.7 Å². The number of aryl methyl sites for hydroxylation is 1. The molecule has 2 rings (SSSR count). The molecule has 2 atom stereocenters. The number of rotatable bonds is 7. The average Bonchev–Trinajstić information content (AvgIpc) is 3.03. The second-order valence-corrected chi connectivity index (χ2v) is 7.92. The Labute approximate surface area is 157 Å². The molecule has 1 aromatic rings. The third kappa shape index (κ3) is 3.86. The zero-order valence-corrected chi connectivity index (χ0v) is 16.2. The van der Waals surface area contributed by atoms with Crippen LogP contribution in [0.2, 0.25) is 0 Å². The van der Waals surface area contributed by atoms with E-state index in [1.54, 1.807) is 6.92 Å². The SMILES string of the molecule is C#CCn1c(C)nn(COC(=O)[C@@H]2[C@@H](/C=C(\C#N)SCC)C2(C)C)c1=O. The van der Waals surface area contributed by atoms with Gasteiger partial charge in [0.2, 0.25) is 0 Å². The first kappa shape index (κ1) is 19.9. The molecule has 0 radical (unpaired) electrons. The monoisotopic (exact) mass is 374 g/mol. The van der Waals surface area contributed by atoms with Gasteiger partial charge in [0, 0.05) is 0 Å². The Hall–Kier alpha value is -2.45. The molecule has 0 N–H and O–H groups in total. The Morgan fingerprint density at radius 2 is 2.23 bits per heavy atom. The summed E-state index contributed by atoms with van der Waals surface area (Å²) in [6, 6.07) is 2.16. The van der Waals surface area contributed by atoms with E-state index in [-0.39, 0.29) is 30.5 Å². The van der Waals surface area contributed by atoms with Crippen LogP contribution in [0, 0.1) is 47.8 Å².